The van der Waals surface area contributed by atoms with Crippen molar-refractivity contribution in [2.75, 3.05) is 6.26 Å². The van der Waals surface area contributed by atoms with Gasteiger partial charge < -0.3 is 4.74 Å². The van der Waals surface area contributed by atoms with E-state index in [1.807, 2.05) is 6.92 Å². The van der Waals surface area contributed by atoms with Crippen molar-refractivity contribution < 1.29 is 9.53 Å². The van der Waals surface area contributed by atoms with Crippen molar-refractivity contribution in [3.63, 3.8) is 0 Å². The number of aromatic nitrogens is 1. The lowest BCUT2D eigenvalue weighted by molar-refractivity contribution is 0.108. The fourth-order valence-electron chi connectivity index (χ4n) is 1.63. The molecule has 0 amide bonds. The van der Waals surface area contributed by atoms with Crippen LogP contribution in [0.4, 0.5) is 0 Å². The van der Waals surface area contributed by atoms with Gasteiger partial charge in [-0.05, 0) is 25.3 Å². The Morgan fingerprint density at radius 1 is 1.20 bits per heavy atom. The van der Waals surface area contributed by atoms with Crippen molar-refractivity contribution in [2.24, 2.45) is 0 Å². The molecule has 0 fully saturated rings. The number of benzene rings is 1. The Morgan fingerprint density at radius 2 is 1.95 bits per heavy atom. The van der Waals surface area contributed by atoms with E-state index in [1.165, 1.54) is 0 Å². The lowest BCUT2D eigenvalue weighted by Crippen LogP contribution is -1.94. The largest absolute Gasteiger partial charge is 0.457 e. The quantitative estimate of drug-likeness (QED) is 0.744. The highest BCUT2D eigenvalue weighted by molar-refractivity contribution is 8.13. The highest BCUT2D eigenvalue weighted by Crippen LogP contribution is 2.29. The van der Waals surface area contributed by atoms with Gasteiger partial charge in [-0.2, -0.15) is 0 Å². The second-order valence-electron chi connectivity index (χ2n) is 4.00. The lowest BCUT2D eigenvalue weighted by atomic mass is 10.2. The summed E-state index contributed by atoms with van der Waals surface area (Å²) in [5, 5.41) is 0.642. The standard InChI is InChI=1S/C14H11Cl2NO2S/c1-8-5-10(7-13(16)17-8)19-9-3-4-11(12(15)6-9)14(18)20-2/h3-7H,1-2H3. The van der Waals surface area contributed by atoms with Gasteiger partial charge in [-0.1, -0.05) is 35.0 Å². The van der Waals surface area contributed by atoms with Gasteiger partial charge in [0, 0.05) is 29.5 Å². The minimum Gasteiger partial charge on any atom is -0.457 e. The number of aryl methyl sites for hydroxylation is 1. The fourth-order valence-corrected chi connectivity index (χ4v) is 2.58. The van der Waals surface area contributed by atoms with E-state index in [-0.39, 0.29) is 5.12 Å². The van der Waals surface area contributed by atoms with Crippen LogP contribution in [0.5, 0.6) is 11.5 Å². The molecule has 0 aliphatic carbocycles. The molecule has 0 bridgehead atoms. The normalized spacial score (nSPS) is 10.4. The van der Waals surface area contributed by atoms with Crippen molar-refractivity contribution in [3.05, 3.63) is 51.8 Å². The highest BCUT2D eigenvalue weighted by Gasteiger charge is 2.10. The first-order chi connectivity index (χ1) is 9.49. The zero-order valence-corrected chi connectivity index (χ0v) is 13.1. The predicted molar refractivity (Wildman–Crippen MR) is 83.4 cm³/mol. The van der Waals surface area contributed by atoms with Crippen LogP contribution in [-0.4, -0.2) is 16.4 Å². The molecule has 104 valence electrons. The van der Waals surface area contributed by atoms with Crippen LogP contribution in [0.25, 0.3) is 0 Å². The van der Waals surface area contributed by atoms with E-state index in [9.17, 15) is 4.79 Å². The fraction of sp³-hybridized carbons (Fsp3) is 0.143. The molecule has 0 unspecified atom stereocenters. The highest BCUT2D eigenvalue weighted by atomic mass is 35.5. The predicted octanol–water partition coefficient (Wildman–Crippen LogP) is 4.99. The molecule has 1 aromatic heterocycles. The molecule has 0 radical (unpaired) electrons. The summed E-state index contributed by atoms with van der Waals surface area (Å²) < 4.78 is 5.66. The van der Waals surface area contributed by atoms with E-state index in [0.717, 1.165) is 17.5 Å². The van der Waals surface area contributed by atoms with Crippen LogP contribution in [0.3, 0.4) is 0 Å². The van der Waals surface area contributed by atoms with Crippen molar-refractivity contribution in [3.8, 4) is 11.5 Å². The molecule has 2 rings (SSSR count). The van der Waals surface area contributed by atoms with E-state index in [2.05, 4.69) is 4.98 Å². The van der Waals surface area contributed by atoms with Crippen LogP contribution < -0.4 is 4.74 Å². The van der Waals surface area contributed by atoms with Gasteiger partial charge in [0.1, 0.15) is 16.7 Å². The van der Waals surface area contributed by atoms with Crippen molar-refractivity contribution in [2.45, 2.75) is 6.92 Å². The first-order valence-corrected chi connectivity index (χ1v) is 7.67. The van der Waals surface area contributed by atoms with Gasteiger partial charge in [0.05, 0.1) is 5.02 Å². The number of ether oxygens (including phenoxy) is 1. The molecule has 3 nitrogen and oxygen atoms in total. The Bertz CT molecular complexity index is 641. The molecule has 0 saturated carbocycles. The maximum Gasteiger partial charge on any atom is 0.220 e. The van der Waals surface area contributed by atoms with Gasteiger partial charge >= 0.3 is 0 Å². The number of halogens is 2. The first-order valence-electron chi connectivity index (χ1n) is 5.69. The number of hydrogen-bond donors (Lipinski definition) is 0. The molecule has 0 aliphatic rings. The molecule has 0 atom stereocenters. The minimum atomic E-state index is -0.0793. The molecule has 2 aromatic rings. The van der Waals surface area contributed by atoms with E-state index >= 15 is 0 Å². The number of rotatable bonds is 3. The summed E-state index contributed by atoms with van der Waals surface area (Å²) in [7, 11) is 0. The van der Waals surface area contributed by atoms with Crippen LogP contribution in [0.2, 0.25) is 10.2 Å². The summed E-state index contributed by atoms with van der Waals surface area (Å²) in [6.07, 6.45) is 1.71. The van der Waals surface area contributed by atoms with E-state index in [1.54, 1.807) is 36.6 Å². The van der Waals surface area contributed by atoms with E-state index in [0.29, 0.717) is 27.2 Å². The third-order valence-corrected chi connectivity index (χ3v) is 3.57. The summed E-state index contributed by atoms with van der Waals surface area (Å²) in [5.41, 5.74) is 1.23. The third kappa shape index (κ3) is 3.66. The number of carbonyl (C=O) groups excluding carboxylic acids is 1. The Balaban J connectivity index is 2.26. The summed E-state index contributed by atoms with van der Waals surface area (Å²) >= 11 is 13.1. The van der Waals surface area contributed by atoms with Crippen molar-refractivity contribution in [1.29, 1.82) is 0 Å². The maximum absolute atomic E-state index is 11.6. The molecule has 0 N–H and O–H groups in total. The summed E-state index contributed by atoms with van der Waals surface area (Å²) in [6.45, 7) is 1.83. The molecule has 1 heterocycles. The second kappa shape index (κ2) is 6.48. The average molecular weight is 328 g/mol. The van der Waals surface area contributed by atoms with E-state index < -0.39 is 0 Å². The van der Waals surface area contributed by atoms with Gasteiger partial charge in [-0.3, -0.25) is 4.79 Å². The Morgan fingerprint density at radius 3 is 2.55 bits per heavy atom. The lowest BCUT2D eigenvalue weighted by Gasteiger charge is -2.08. The van der Waals surface area contributed by atoms with Crippen molar-refractivity contribution in [1.82, 2.24) is 4.98 Å². The third-order valence-electron chi connectivity index (χ3n) is 2.48. The number of hydrogen-bond acceptors (Lipinski definition) is 4. The topological polar surface area (TPSA) is 39.2 Å². The number of carbonyl (C=O) groups is 1. The maximum atomic E-state index is 11.6. The first kappa shape index (κ1) is 15.2. The van der Waals surface area contributed by atoms with Crippen LogP contribution in [0, 0.1) is 6.92 Å². The van der Waals surface area contributed by atoms with Crippen molar-refractivity contribution >= 4 is 40.1 Å². The Kier molecular flexibility index (Phi) is 4.91. The summed E-state index contributed by atoms with van der Waals surface area (Å²) in [4.78, 5) is 15.7. The number of nitrogens with zero attached hydrogens (tertiary/aromatic N) is 1. The SMILES string of the molecule is CSC(=O)c1ccc(Oc2cc(C)nc(Cl)c2)cc1Cl. The molecular weight excluding hydrogens is 317 g/mol. The zero-order chi connectivity index (χ0) is 14.7. The number of pyridine rings is 1. The molecule has 0 saturated heterocycles. The Labute approximate surface area is 131 Å². The second-order valence-corrected chi connectivity index (χ2v) is 5.58. The van der Waals surface area contributed by atoms with Gasteiger partial charge in [-0.25, -0.2) is 4.98 Å². The van der Waals surface area contributed by atoms with Crippen LogP contribution in [0.15, 0.2) is 30.3 Å². The zero-order valence-electron chi connectivity index (χ0n) is 10.8. The molecule has 20 heavy (non-hydrogen) atoms. The van der Waals surface area contributed by atoms with E-state index in [4.69, 9.17) is 27.9 Å². The smallest absolute Gasteiger partial charge is 0.220 e. The molecular formula is C14H11Cl2NO2S. The van der Waals surface area contributed by atoms with Gasteiger partial charge in [0.15, 0.2) is 0 Å². The van der Waals surface area contributed by atoms with Crippen LogP contribution in [0.1, 0.15) is 16.1 Å². The molecule has 6 heteroatoms. The van der Waals surface area contributed by atoms with Gasteiger partial charge in [0.2, 0.25) is 5.12 Å². The molecule has 0 aliphatic heterocycles. The molecule has 1 aromatic carbocycles. The van der Waals surface area contributed by atoms with Gasteiger partial charge in [-0.15, -0.1) is 0 Å². The molecule has 0 spiro atoms. The van der Waals surface area contributed by atoms with Gasteiger partial charge in [0.25, 0.3) is 0 Å². The van der Waals surface area contributed by atoms with Crippen LogP contribution in [-0.2, 0) is 0 Å². The summed E-state index contributed by atoms with van der Waals surface area (Å²) in [6, 6.07) is 8.32. The Hall–Kier alpha value is -1.23. The average Bonchev–Trinajstić information content (AvgIpc) is 2.36. The summed E-state index contributed by atoms with van der Waals surface area (Å²) in [5.74, 6) is 1.11. The monoisotopic (exact) mass is 327 g/mol. The number of thioether (sulfide) groups is 1. The minimum absolute atomic E-state index is 0.0793. The van der Waals surface area contributed by atoms with Crippen LogP contribution >= 0.6 is 35.0 Å².